The van der Waals surface area contributed by atoms with E-state index in [4.69, 9.17) is 0 Å². The molecule has 0 bridgehead atoms. The van der Waals surface area contributed by atoms with Gasteiger partial charge in [-0.1, -0.05) is 42.1 Å². The highest BCUT2D eigenvalue weighted by molar-refractivity contribution is 7.99. The summed E-state index contributed by atoms with van der Waals surface area (Å²) in [5.74, 6) is 1.28. The first kappa shape index (κ1) is 18.7. The molecule has 1 aliphatic carbocycles. The summed E-state index contributed by atoms with van der Waals surface area (Å²) in [6.07, 6.45) is 5.78. The summed E-state index contributed by atoms with van der Waals surface area (Å²) in [6.45, 7) is 2.05. The molecular formula is C21H23N5OS. The molecule has 0 spiro atoms. The SMILES string of the molecule is CC(c1ccccc1)N(C)C(=O)CSc1nnc(-c2ccncc2)n1C1CC1. The van der Waals surface area contributed by atoms with Crippen LogP contribution in [-0.4, -0.2) is 43.4 Å². The van der Waals surface area contributed by atoms with Crippen molar-refractivity contribution in [3.63, 3.8) is 0 Å². The van der Waals surface area contributed by atoms with Gasteiger partial charge in [0.05, 0.1) is 11.8 Å². The third-order valence-electron chi connectivity index (χ3n) is 5.10. The summed E-state index contributed by atoms with van der Waals surface area (Å²) in [5, 5.41) is 9.57. The molecule has 1 aromatic carbocycles. The van der Waals surface area contributed by atoms with Gasteiger partial charge in [-0.05, 0) is 37.5 Å². The Morgan fingerprint density at radius 3 is 2.57 bits per heavy atom. The first-order valence-corrected chi connectivity index (χ1v) is 10.4. The van der Waals surface area contributed by atoms with Gasteiger partial charge in [0.1, 0.15) is 0 Å². The molecule has 28 heavy (non-hydrogen) atoms. The molecule has 7 heteroatoms. The number of carbonyl (C=O) groups excluding carboxylic acids is 1. The number of amides is 1. The van der Waals surface area contributed by atoms with Crippen LogP contribution in [0.5, 0.6) is 0 Å². The van der Waals surface area contributed by atoms with Gasteiger partial charge in [0.2, 0.25) is 5.91 Å². The van der Waals surface area contributed by atoms with Gasteiger partial charge < -0.3 is 4.90 Å². The predicted molar refractivity (Wildman–Crippen MR) is 110 cm³/mol. The van der Waals surface area contributed by atoms with Crippen LogP contribution in [0.1, 0.15) is 37.4 Å². The standard InChI is InChI=1S/C21H23N5OS/c1-15(16-6-4-3-5-7-16)25(2)19(27)14-28-21-24-23-20(26(21)18-8-9-18)17-10-12-22-13-11-17/h3-7,10-13,15,18H,8-9,14H2,1-2H3. The number of hydrogen-bond donors (Lipinski definition) is 0. The summed E-state index contributed by atoms with van der Waals surface area (Å²) in [5.41, 5.74) is 2.13. The number of benzene rings is 1. The molecule has 2 heterocycles. The van der Waals surface area contributed by atoms with E-state index in [0.29, 0.717) is 11.8 Å². The zero-order chi connectivity index (χ0) is 19.5. The van der Waals surface area contributed by atoms with Crippen molar-refractivity contribution in [2.24, 2.45) is 0 Å². The highest BCUT2D eigenvalue weighted by Crippen LogP contribution is 2.41. The topological polar surface area (TPSA) is 63.9 Å². The number of aromatic nitrogens is 4. The summed E-state index contributed by atoms with van der Waals surface area (Å²) >= 11 is 1.46. The Morgan fingerprint density at radius 1 is 1.18 bits per heavy atom. The number of hydrogen-bond acceptors (Lipinski definition) is 5. The smallest absolute Gasteiger partial charge is 0.233 e. The van der Waals surface area contributed by atoms with Crippen molar-refractivity contribution in [2.75, 3.05) is 12.8 Å². The van der Waals surface area contributed by atoms with Gasteiger partial charge in [0.25, 0.3) is 0 Å². The van der Waals surface area contributed by atoms with Gasteiger partial charge in [0.15, 0.2) is 11.0 Å². The molecule has 0 radical (unpaired) electrons. The second-order valence-electron chi connectivity index (χ2n) is 7.02. The molecule has 0 saturated heterocycles. The number of carbonyl (C=O) groups is 1. The first-order valence-electron chi connectivity index (χ1n) is 9.44. The predicted octanol–water partition coefficient (Wildman–Crippen LogP) is 3.99. The quantitative estimate of drug-likeness (QED) is 0.568. The van der Waals surface area contributed by atoms with Gasteiger partial charge in [-0.25, -0.2) is 0 Å². The minimum atomic E-state index is 0.0305. The largest absolute Gasteiger partial charge is 0.338 e. The Hall–Kier alpha value is -2.67. The van der Waals surface area contributed by atoms with Crippen LogP contribution in [0.2, 0.25) is 0 Å². The second-order valence-corrected chi connectivity index (χ2v) is 7.97. The molecule has 2 aromatic heterocycles. The van der Waals surface area contributed by atoms with E-state index >= 15 is 0 Å². The molecule has 4 rings (SSSR count). The van der Waals surface area contributed by atoms with Crippen LogP contribution in [0.25, 0.3) is 11.4 Å². The zero-order valence-corrected chi connectivity index (χ0v) is 16.8. The lowest BCUT2D eigenvalue weighted by atomic mass is 10.1. The Labute approximate surface area is 169 Å². The van der Waals surface area contributed by atoms with E-state index in [0.717, 1.165) is 34.9 Å². The summed E-state index contributed by atoms with van der Waals surface area (Å²) < 4.78 is 2.17. The monoisotopic (exact) mass is 393 g/mol. The van der Waals surface area contributed by atoms with E-state index in [1.807, 2.05) is 56.4 Å². The lowest BCUT2D eigenvalue weighted by molar-refractivity contribution is -0.128. The summed E-state index contributed by atoms with van der Waals surface area (Å²) in [6, 6.07) is 14.4. The molecule has 3 aromatic rings. The van der Waals surface area contributed by atoms with E-state index < -0.39 is 0 Å². The normalized spacial score (nSPS) is 14.6. The third kappa shape index (κ3) is 3.94. The Bertz CT molecular complexity index is 940. The maximum atomic E-state index is 12.7. The molecule has 1 unspecified atom stereocenters. The maximum Gasteiger partial charge on any atom is 0.233 e. The van der Waals surface area contributed by atoms with E-state index in [1.54, 1.807) is 17.3 Å². The summed E-state index contributed by atoms with van der Waals surface area (Å²) in [4.78, 5) is 18.6. The van der Waals surface area contributed by atoms with Crippen LogP contribution in [0.15, 0.2) is 60.0 Å². The fourth-order valence-corrected chi connectivity index (χ4v) is 4.06. The number of pyridine rings is 1. The van der Waals surface area contributed by atoms with Crippen LogP contribution < -0.4 is 0 Å². The number of thioether (sulfide) groups is 1. The summed E-state index contributed by atoms with van der Waals surface area (Å²) in [7, 11) is 1.86. The minimum Gasteiger partial charge on any atom is -0.338 e. The Kier molecular flexibility index (Phi) is 5.43. The lowest BCUT2D eigenvalue weighted by Crippen LogP contribution is -2.31. The van der Waals surface area contributed by atoms with Gasteiger partial charge >= 0.3 is 0 Å². The molecule has 1 aliphatic rings. The van der Waals surface area contributed by atoms with Crippen molar-refractivity contribution in [3.05, 3.63) is 60.4 Å². The molecule has 1 saturated carbocycles. The lowest BCUT2D eigenvalue weighted by Gasteiger charge is -2.25. The van der Waals surface area contributed by atoms with E-state index in [1.165, 1.54) is 11.8 Å². The maximum absolute atomic E-state index is 12.7. The second kappa shape index (κ2) is 8.14. The van der Waals surface area contributed by atoms with Crippen molar-refractivity contribution in [1.29, 1.82) is 0 Å². The van der Waals surface area contributed by atoms with Crippen LogP contribution in [-0.2, 0) is 4.79 Å². The van der Waals surface area contributed by atoms with Crippen molar-refractivity contribution in [2.45, 2.75) is 37.0 Å². The van der Waals surface area contributed by atoms with Crippen molar-refractivity contribution in [1.82, 2.24) is 24.6 Å². The molecule has 6 nitrogen and oxygen atoms in total. The van der Waals surface area contributed by atoms with Crippen molar-refractivity contribution < 1.29 is 4.79 Å². The molecular weight excluding hydrogens is 370 g/mol. The van der Waals surface area contributed by atoms with Crippen LogP contribution in [0, 0.1) is 0 Å². The van der Waals surface area contributed by atoms with Crippen LogP contribution >= 0.6 is 11.8 Å². The van der Waals surface area contributed by atoms with Gasteiger partial charge in [-0.3, -0.25) is 14.3 Å². The molecule has 1 atom stereocenters. The molecule has 0 aliphatic heterocycles. The van der Waals surface area contributed by atoms with Crippen LogP contribution in [0.4, 0.5) is 0 Å². The molecule has 1 amide bonds. The fourth-order valence-electron chi connectivity index (χ4n) is 3.13. The van der Waals surface area contributed by atoms with Crippen molar-refractivity contribution in [3.8, 4) is 11.4 Å². The van der Waals surface area contributed by atoms with Crippen molar-refractivity contribution >= 4 is 17.7 Å². The average molecular weight is 394 g/mol. The fraction of sp³-hybridized carbons (Fsp3) is 0.333. The van der Waals surface area contributed by atoms with Gasteiger partial charge in [-0.15, -0.1) is 10.2 Å². The number of nitrogens with zero attached hydrogens (tertiary/aromatic N) is 5. The van der Waals surface area contributed by atoms with Gasteiger partial charge in [0, 0.05) is 31.0 Å². The zero-order valence-electron chi connectivity index (χ0n) is 16.0. The third-order valence-corrected chi connectivity index (χ3v) is 6.02. The average Bonchev–Trinajstić information content (AvgIpc) is 3.51. The van der Waals surface area contributed by atoms with Crippen LogP contribution in [0.3, 0.4) is 0 Å². The van der Waals surface area contributed by atoms with E-state index in [-0.39, 0.29) is 11.9 Å². The highest BCUT2D eigenvalue weighted by Gasteiger charge is 2.30. The van der Waals surface area contributed by atoms with E-state index in [9.17, 15) is 4.79 Å². The highest BCUT2D eigenvalue weighted by atomic mass is 32.2. The number of rotatable bonds is 7. The minimum absolute atomic E-state index is 0.0305. The van der Waals surface area contributed by atoms with E-state index in [2.05, 4.69) is 19.7 Å². The Morgan fingerprint density at radius 2 is 1.89 bits per heavy atom. The van der Waals surface area contributed by atoms with Gasteiger partial charge in [-0.2, -0.15) is 0 Å². The molecule has 1 fully saturated rings. The Balaban J connectivity index is 1.46. The molecule has 144 valence electrons. The molecule has 0 N–H and O–H groups in total. The first-order chi connectivity index (χ1) is 13.6.